The molecule has 2 aliphatic rings. The highest BCUT2D eigenvalue weighted by Gasteiger charge is 2.45. The fourth-order valence-corrected chi connectivity index (χ4v) is 3.42. The van der Waals surface area contributed by atoms with E-state index >= 15 is 0 Å². The van der Waals surface area contributed by atoms with Crippen molar-refractivity contribution >= 4 is 0 Å². The van der Waals surface area contributed by atoms with Crippen molar-refractivity contribution < 1.29 is 0 Å². The zero-order chi connectivity index (χ0) is 13.1. The van der Waals surface area contributed by atoms with E-state index in [0.29, 0.717) is 0 Å². The normalized spacial score (nSPS) is 24.7. The van der Waals surface area contributed by atoms with Gasteiger partial charge in [0.2, 0.25) is 0 Å². The van der Waals surface area contributed by atoms with Gasteiger partial charge in [-0.3, -0.25) is 4.90 Å². The lowest BCUT2D eigenvalue weighted by atomic mass is 9.64. The summed E-state index contributed by atoms with van der Waals surface area (Å²) in [6, 6.07) is 0.762. The SMILES string of the molecule is CC.CC(C)C1CCC2(CC1)CN(C(C)C)C2. The molecule has 0 aromatic rings. The van der Waals surface area contributed by atoms with Gasteiger partial charge in [0.05, 0.1) is 0 Å². The van der Waals surface area contributed by atoms with Crippen LogP contribution < -0.4 is 0 Å². The van der Waals surface area contributed by atoms with Crippen LogP contribution in [0.4, 0.5) is 0 Å². The van der Waals surface area contributed by atoms with Gasteiger partial charge >= 0.3 is 0 Å². The maximum atomic E-state index is 2.63. The molecule has 1 heterocycles. The summed E-state index contributed by atoms with van der Waals surface area (Å²) in [4.78, 5) is 2.63. The van der Waals surface area contributed by atoms with Crippen LogP contribution in [0.1, 0.15) is 67.2 Å². The molecule has 0 N–H and O–H groups in total. The summed E-state index contributed by atoms with van der Waals surface area (Å²) < 4.78 is 0. The van der Waals surface area contributed by atoms with Crippen LogP contribution in [0.5, 0.6) is 0 Å². The summed E-state index contributed by atoms with van der Waals surface area (Å²) >= 11 is 0. The van der Waals surface area contributed by atoms with Crippen LogP contribution in [0, 0.1) is 17.3 Å². The fraction of sp³-hybridized carbons (Fsp3) is 1.00. The highest BCUT2D eigenvalue weighted by Crippen LogP contribution is 2.47. The van der Waals surface area contributed by atoms with Gasteiger partial charge in [-0.15, -0.1) is 0 Å². The van der Waals surface area contributed by atoms with Gasteiger partial charge < -0.3 is 0 Å². The van der Waals surface area contributed by atoms with Crippen molar-refractivity contribution in [2.24, 2.45) is 17.3 Å². The first-order chi connectivity index (χ1) is 8.02. The van der Waals surface area contributed by atoms with Crippen LogP contribution in [0.3, 0.4) is 0 Å². The van der Waals surface area contributed by atoms with E-state index < -0.39 is 0 Å². The van der Waals surface area contributed by atoms with Gasteiger partial charge in [0, 0.05) is 19.1 Å². The minimum atomic E-state index is 0.746. The highest BCUT2D eigenvalue weighted by molar-refractivity contribution is 4.98. The molecule has 1 saturated carbocycles. The Labute approximate surface area is 109 Å². The molecule has 0 unspecified atom stereocenters. The standard InChI is InChI=1S/C14H27N.C2H6/c1-11(2)13-5-7-14(8-6-13)9-15(10-14)12(3)4;1-2/h11-13H,5-10H2,1-4H3;1-2H3. The Morgan fingerprint density at radius 1 is 0.941 bits per heavy atom. The lowest BCUT2D eigenvalue weighted by molar-refractivity contribution is -0.0587. The quantitative estimate of drug-likeness (QED) is 0.682. The summed E-state index contributed by atoms with van der Waals surface area (Å²) in [5.41, 5.74) is 0.746. The van der Waals surface area contributed by atoms with E-state index in [-0.39, 0.29) is 0 Å². The van der Waals surface area contributed by atoms with Gasteiger partial charge in [-0.2, -0.15) is 0 Å². The molecule has 0 atom stereocenters. The Morgan fingerprint density at radius 3 is 1.76 bits per heavy atom. The highest BCUT2D eigenvalue weighted by atomic mass is 15.2. The third-order valence-electron chi connectivity index (χ3n) is 4.84. The smallest absolute Gasteiger partial charge is 0.00532 e. The number of nitrogens with zero attached hydrogens (tertiary/aromatic N) is 1. The molecule has 0 radical (unpaired) electrons. The van der Waals surface area contributed by atoms with Gasteiger partial charge in [0.1, 0.15) is 0 Å². The Hall–Kier alpha value is -0.0400. The molecular weight excluding hydrogens is 206 g/mol. The first kappa shape index (κ1) is 15.0. The molecule has 2 fully saturated rings. The zero-order valence-corrected chi connectivity index (χ0v) is 12.9. The van der Waals surface area contributed by atoms with Crippen molar-refractivity contribution in [3.63, 3.8) is 0 Å². The average Bonchev–Trinajstić information content (AvgIpc) is 2.28. The van der Waals surface area contributed by atoms with Gasteiger partial charge in [-0.05, 0) is 56.8 Å². The lowest BCUT2D eigenvalue weighted by Gasteiger charge is -2.55. The second kappa shape index (κ2) is 6.22. The van der Waals surface area contributed by atoms with E-state index in [0.717, 1.165) is 23.3 Å². The maximum Gasteiger partial charge on any atom is 0.00532 e. The van der Waals surface area contributed by atoms with Crippen molar-refractivity contribution in [3.8, 4) is 0 Å². The second-order valence-electron chi connectivity index (χ2n) is 6.58. The number of rotatable bonds is 2. The molecule has 102 valence electrons. The Bertz CT molecular complexity index is 204. The van der Waals surface area contributed by atoms with Crippen LogP contribution in [-0.2, 0) is 0 Å². The summed E-state index contributed by atoms with van der Waals surface area (Å²) in [5.74, 6) is 1.92. The average molecular weight is 239 g/mol. The van der Waals surface area contributed by atoms with Crippen molar-refractivity contribution in [1.82, 2.24) is 4.90 Å². The van der Waals surface area contributed by atoms with E-state index in [4.69, 9.17) is 0 Å². The molecule has 1 spiro atoms. The van der Waals surface area contributed by atoms with Gasteiger partial charge in [0.25, 0.3) is 0 Å². The van der Waals surface area contributed by atoms with E-state index in [1.165, 1.54) is 38.8 Å². The van der Waals surface area contributed by atoms with Gasteiger partial charge in [-0.1, -0.05) is 27.7 Å². The summed E-state index contributed by atoms with van der Waals surface area (Å²) in [6.07, 6.45) is 5.98. The van der Waals surface area contributed by atoms with Crippen molar-refractivity contribution in [1.29, 1.82) is 0 Å². The van der Waals surface area contributed by atoms with Crippen LogP contribution >= 0.6 is 0 Å². The van der Waals surface area contributed by atoms with Crippen molar-refractivity contribution in [2.75, 3.05) is 13.1 Å². The number of hydrogen-bond acceptors (Lipinski definition) is 1. The first-order valence-corrected chi connectivity index (χ1v) is 7.76. The Morgan fingerprint density at radius 2 is 1.41 bits per heavy atom. The van der Waals surface area contributed by atoms with Crippen LogP contribution in [0.2, 0.25) is 0 Å². The van der Waals surface area contributed by atoms with E-state index in [1.807, 2.05) is 13.8 Å². The molecule has 0 bridgehead atoms. The Balaban J connectivity index is 0.000000686. The largest absolute Gasteiger partial charge is 0.300 e. The summed E-state index contributed by atoms with van der Waals surface area (Å²) in [5, 5.41) is 0. The molecule has 0 aromatic heterocycles. The van der Waals surface area contributed by atoms with E-state index in [1.54, 1.807) is 0 Å². The minimum absolute atomic E-state index is 0.746. The van der Waals surface area contributed by atoms with Crippen molar-refractivity contribution in [2.45, 2.75) is 73.3 Å². The monoisotopic (exact) mass is 239 g/mol. The molecular formula is C16H33N. The minimum Gasteiger partial charge on any atom is -0.300 e. The maximum absolute atomic E-state index is 2.63. The van der Waals surface area contributed by atoms with Crippen molar-refractivity contribution in [3.05, 3.63) is 0 Å². The predicted octanol–water partition coefficient (Wildman–Crippen LogP) is 4.57. The molecule has 0 aromatic carbocycles. The molecule has 17 heavy (non-hydrogen) atoms. The lowest BCUT2D eigenvalue weighted by Crippen LogP contribution is -2.59. The molecule has 1 aliphatic carbocycles. The summed E-state index contributed by atoms with van der Waals surface area (Å²) in [6.45, 7) is 16.2. The van der Waals surface area contributed by atoms with Gasteiger partial charge in [-0.25, -0.2) is 0 Å². The van der Waals surface area contributed by atoms with Crippen LogP contribution in [0.15, 0.2) is 0 Å². The zero-order valence-electron chi connectivity index (χ0n) is 12.9. The first-order valence-electron chi connectivity index (χ1n) is 7.76. The molecule has 2 rings (SSSR count). The second-order valence-corrected chi connectivity index (χ2v) is 6.58. The topological polar surface area (TPSA) is 3.24 Å². The summed E-state index contributed by atoms with van der Waals surface area (Å²) in [7, 11) is 0. The molecule has 1 nitrogen and oxygen atoms in total. The van der Waals surface area contributed by atoms with Gasteiger partial charge in [0.15, 0.2) is 0 Å². The third-order valence-corrected chi connectivity index (χ3v) is 4.84. The fourth-order valence-electron chi connectivity index (χ4n) is 3.42. The number of likely N-dealkylation sites (tertiary alicyclic amines) is 1. The number of hydrogen-bond donors (Lipinski definition) is 0. The van der Waals surface area contributed by atoms with E-state index in [2.05, 4.69) is 32.6 Å². The molecule has 1 aliphatic heterocycles. The van der Waals surface area contributed by atoms with Crippen LogP contribution in [0.25, 0.3) is 0 Å². The molecule has 0 amide bonds. The Kier molecular flexibility index (Phi) is 5.50. The predicted molar refractivity (Wildman–Crippen MR) is 77.3 cm³/mol. The third kappa shape index (κ3) is 3.47. The van der Waals surface area contributed by atoms with E-state index in [9.17, 15) is 0 Å². The molecule has 1 saturated heterocycles. The van der Waals surface area contributed by atoms with Crippen LogP contribution in [-0.4, -0.2) is 24.0 Å². The molecule has 1 heteroatoms.